The highest BCUT2D eigenvalue weighted by molar-refractivity contribution is 9.11. The van der Waals surface area contributed by atoms with Crippen LogP contribution < -0.4 is 4.90 Å². The third-order valence-corrected chi connectivity index (χ3v) is 7.47. The lowest BCUT2D eigenvalue weighted by Gasteiger charge is -2.22. The van der Waals surface area contributed by atoms with Gasteiger partial charge in [0.1, 0.15) is 0 Å². The molecule has 0 saturated carbocycles. The van der Waals surface area contributed by atoms with E-state index in [1.165, 1.54) is 22.7 Å². The molecular weight excluding hydrogens is 456 g/mol. The number of hydrogen-bond acceptors (Lipinski definition) is 5. The molecule has 8 heteroatoms. The molecule has 1 aliphatic rings. The van der Waals surface area contributed by atoms with Gasteiger partial charge in [0.15, 0.2) is 5.13 Å². The molecule has 0 spiro atoms. The Morgan fingerprint density at radius 2 is 2.23 bits per heavy atom. The van der Waals surface area contributed by atoms with Gasteiger partial charge in [0, 0.05) is 11.6 Å². The van der Waals surface area contributed by atoms with Crippen molar-refractivity contribution in [1.29, 1.82) is 0 Å². The zero-order chi connectivity index (χ0) is 18.3. The Kier molecular flexibility index (Phi) is 5.34. The first-order valence-corrected chi connectivity index (χ1v) is 11.1. The number of carbonyl (C=O) groups excluding carboxylic acids is 1. The summed E-state index contributed by atoms with van der Waals surface area (Å²) in [6.07, 6.45) is 2.05. The highest BCUT2D eigenvalue weighted by Gasteiger charge is 2.28. The van der Waals surface area contributed by atoms with E-state index < -0.39 is 0 Å². The summed E-state index contributed by atoms with van der Waals surface area (Å²) in [6, 6.07) is 7.57. The van der Waals surface area contributed by atoms with E-state index in [4.69, 9.17) is 21.3 Å². The molecule has 1 aliphatic heterocycles. The molecule has 0 N–H and O–H groups in total. The van der Waals surface area contributed by atoms with E-state index in [0.29, 0.717) is 21.6 Å². The van der Waals surface area contributed by atoms with Crippen molar-refractivity contribution in [3.05, 3.63) is 43.5 Å². The third kappa shape index (κ3) is 3.55. The lowest BCUT2D eigenvalue weighted by atomic mass is 10.2. The van der Waals surface area contributed by atoms with Crippen LogP contribution in [0.2, 0.25) is 5.02 Å². The van der Waals surface area contributed by atoms with E-state index in [1.54, 1.807) is 4.90 Å². The summed E-state index contributed by atoms with van der Waals surface area (Å²) in [5.74, 6) is -0.0426. The smallest absolute Gasteiger partial charge is 0.270 e. The van der Waals surface area contributed by atoms with E-state index in [9.17, 15) is 4.79 Å². The molecule has 4 nitrogen and oxygen atoms in total. The molecule has 1 aromatic carbocycles. The number of thiazole rings is 1. The zero-order valence-corrected chi connectivity index (χ0v) is 18.0. The lowest BCUT2D eigenvalue weighted by Crippen LogP contribution is -2.37. The number of aromatic nitrogens is 1. The average molecular weight is 472 g/mol. The Morgan fingerprint density at radius 1 is 1.38 bits per heavy atom. The second-order valence-electron chi connectivity index (χ2n) is 6.17. The van der Waals surface area contributed by atoms with Crippen LogP contribution >= 0.6 is 50.2 Å². The molecule has 2 aromatic heterocycles. The van der Waals surface area contributed by atoms with Gasteiger partial charge in [-0.15, -0.1) is 11.3 Å². The van der Waals surface area contributed by atoms with Gasteiger partial charge in [-0.05, 0) is 65.5 Å². The Labute approximate surface area is 172 Å². The van der Waals surface area contributed by atoms with Gasteiger partial charge in [-0.3, -0.25) is 9.69 Å². The highest BCUT2D eigenvalue weighted by Crippen LogP contribution is 2.35. The predicted molar refractivity (Wildman–Crippen MR) is 112 cm³/mol. The Hall–Kier alpha value is -0.990. The number of amides is 1. The lowest BCUT2D eigenvalue weighted by molar-refractivity contribution is 0.0920. The molecule has 1 saturated heterocycles. The van der Waals surface area contributed by atoms with Crippen LogP contribution in [0.1, 0.15) is 28.1 Å². The minimum atomic E-state index is -0.0426. The molecule has 136 valence electrons. The van der Waals surface area contributed by atoms with E-state index in [0.717, 1.165) is 39.0 Å². The summed E-state index contributed by atoms with van der Waals surface area (Å²) in [5.41, 5.74) is 1.80. The third-order valence-electron chi connectivity index (χ3n) is 4.41. The first kappa shape index (κ1) is 18.4. The molecule has 0 radical (unpaired) electrons. The van der Waals surface area contributed by atoms with Crippen molar-refractivity contribution < 1.29 is 9.53 Å². The maximum atomic E-state index is 13.2. The van der Waals surface area contributed by atoms with Crippen LogP contribution in [0.25, 0.3) is 10.2 Å². The second-order valence-corrected chi connectivity index (χ2v) is 10.0. The average Bonchev–Trinajstić information content (AvgIpc) is 3.36. The van der Waals surface area contributed by atoms with Gasteiger partial charge in [0.25, 0.3) is 5.91 Å². The summed E-state index contributed by atoms with van der Waals surface area (Å²) in [4.78, 5) is 20.4. The molecule has 1 unspecified atom stereocenters. The number of ether oxygens (including phenoxy) is 1. The molecule has 1 atom stereocenters. The van der Waals surface area contributed by atoms with E-state index in [-0.39, 0.29) is 12.0 Å². The summed E-state index contributed by atoms with van der Waals surface area (Å²) in [6.45, 7) is 3.23. The predicted octanol–water partition coefficient (Wildman–Crippen LogP) is 5.91. The fraction of sp³-hybridized carbons (Fsp3) is 0.333. The van der Waals surface area contributed by atoms with Crippen molar-refractivity contribution in [3.8, 4) is 0 Å². The van der Waals surface area contributed by atoms with E-state index in [1.807, 2.05) is 31.2 Å². The topological polar surface area (TPSA) is 42.4 Å². The quantitative estimate of drug-likeness (QED) is 0.475. The number of fused-ring (bicyclic) bond motifs is 1. The largest absolute Gasteiger partial charge is 0.376 e. The Balaban J connectivity index is 1.74. The van der Waals surface area contributed by atoms with E-state index in [2.05, 4.69) is 15.9 Å². The number of nitrogens with zero attached hydrogens (tertiary/aromatic N) is 2. The van der Waals surface area contributed by atoms with Gasteiger partial charge in [0.2, 0.25) is 0 Å². The number of hydrogen-bond donors (Lipinski definition) is 0. The summed E-state index contributed by atoms with van der Waals surface area (Å²) in [5, 5.41) is 1.38. The van der Waals surface area contributed by atoms with Crippen LogP contribution in [0.3, 0.4) is 0 Å². The second kappa shape index (κ2) is 7.56. The van der Waals surface area contributed by atoms with Crippen LogP contribution in [-0.4, -0.2) is 30.1 Å². The minimum absolute atomic E-state index is 0.0426. The first-order chi connectivity index (χ1) is 12.5. The summed E-state index contributed by atoms with van der Waals surface area (Å²) >= 11 is 12.6. The van der Waals surface area contributed by atoms with Crippen molar-refractivity contribution in [2.45, 2.75) is 25.9 Å². The Bertz CT molecular complexity index is 965. The molecule has 1 amide bonds. The molecule has 0 bridgehead atoms. The van der Waals surface area contributed by atoms with Crippen LogP contribution in [0.4, 0.5) is 5.13 Å². The van der Waals surface area contributed by atoms with Crippen LogP contribution in [0, 0.1) is 6.92 Å². The standard InChI is InChI=1S/C18H16BrClN2O2S2/c1-10-12(20)4-5-13-16(10)21-18(26-13)22(9-11-3-2-8-24-11)17(23)14-6-7-15(19)25-14/h4-7,11H,2-3,8-9H2,1H3. The van der Waals surface area contributed by atoms with Crippen LogP contribution in [0.5, 0.6) is 0 Å². The van der Waals surface area contributed by atoms with Crippen molar-refractivity contribution in [1.82, 2.24) is 4.98 Å². The van der Waals surface area contributed by atoms with Gasteiger partial charge in [0.05, 0.1) is 31.5 Å². The number of anilines is 1. The van der Waals surface area contributed by atoms with E-state index >= 15 is 0 Å². The first-order valence-electron chi connectivity index (χ1n) is 8.27. The number of halogens is 2. The SMILES string of the molecule is Cc1c(Cl)ccc2sc(N(CC3CCCO3)C(=O)c3ccc(Br)s3)nc12. The van der Waals surface area contributed by atoms with Crippen molar-refractivity contribution in [2.24, 2.45) is 0 Å². The summed E-state index contributed by atoms with van der Waals surface area (Å²) in [7, 11) is 0. The molecule has 3 aromatic rings. The molecule has 4 rings (SSSR count). The van der Waals surface area contributed by atoms with Gasteiger partial charge >= 0.3 is 0 Å². The molecule has 26 heavy (non-hydrogen) atoms. The van der Waals surface area contributed by atoms with Gasteiger partial charge in [-0.1, -0.05) is 22.9 Å². The fourth-order valence-corrected chi connectivity index (χ4v) is 5.53. The Morgan fingerprint density at radius 3 is 2.92 bits per heavy atom. The van der Waals surface area contributed by atoms with Crippen LogP contribution in [0.15, 0.2) is 28.1 Å². The normalized spacial score (nSPS) is 17.1. The maximum absolute atomic E-state index is 13.2. The molecular formula is C18H16BrClN2O2S2. The van der Waals surface area contributed by atoms with Crippen LogP contribution in [-0.2, 0) is 4.74 Å². The highest BCUT2D eigenvalue weighted by atomic mass is 79.9. The summed E-state index contributed by atoms with van der Waals surface area (Å²) < 4.78 is 7.73. The number of rotatable bonds is 4. The number of aryl methyl sites for hydroxylation is 1. The number of thiophene rings is 1. The monoisotopic (exact) mass is 470 g/mol. The van der Waals surface area contributed by atoms with Crippen molar-refractivity contribution in [2.75, 3.05) is 18.1 Å². The minimum Gasteiger partial charge on any atom is -0.376 e. The molecule has 3 heterocycles. The van der Waals surface area contributed by atoms with Crippen molar-refractivity contribution >= 4 is 71.5 Å². The molecule has 0 aliphatic carbocycles. The number of benzene rings is 1. The molecule has 1 fully saturated rings. The number of carbonyl (C=O) groups is 1. The van der Waals surface area contributed by atoms with Gasteiger partial charge in [-0.2, -0.15) is 0 Å². The zero-order valence-electron chi connectivity index (χ0n) is 14.0. The van der Waals surface area contributed by atoms with Gasteiger partial charge in [-0.25, -0.2) is 4.98 Å². The maximum Gasteiger partial charge on any atom is 0.270 e. The fourth-order valence-electron chi connectivity index (χ4n) is 3.01. The van der Waals surface area contributed by atoms with Gasteiger partial charge < -0.3 is 4.74 Å². The van der Waals surface area contributed by atoms with Crippen molar-refractivity contribution in [3.63, 3.8) is 0 Å².